The summed E-state index contributed by atoms with van der Waals surface area (Å²) in [5.41, 5.74) is 2.51. The van der Waals surface area contributed by atoms with Gasteiger partial charge in [-0.1, -0.05) is 48.5 Å². The first kappa shape index (κ1) is 18.4. The van der Waals surface area contributed by atoms with E-state index in [0.717, 1.165) is 17.8 Å². The summed E-state index contributed by atoms with van der Waals surface area (Å²) in [5.74, 6) is 0.606. The molecule has 0 atom stereocenters. The van der Waals surface area contributed by atoms with Gasteiger partial charge < -0.3 is 5.32 Å². The second-order valence-corrected chi connectivity index (χ2v) is 8.97. The van der Waals surface area contributed by atoms with Gasteiger partial charge in [-0.2, -0.15) is 0 Å². The van der Waals surface area contributed by atoms with Crippen LogP contribution in [0.4, 0.5) is 11.6 Å². The smallest absolute Gasteiger partial charge is 0.272 e. The number of nitrogens with zero attached hydrogens (tertiary/aromatic N) is 2. The molecule has 0 radical (unpaired) electrons. The molecule has 4 aromatic rings. The van der Waals surface area contributed by atoms with Crippen molar-refractivity contribution in [2.45, 2.75) is 10.6 Å². The van der Waals surface area contributed by atoms with Gasteiger partial charge in [-0.15, -0.1) is 11.3 Å². The van der Waals surface area contributed by atoms with E-state index in [1.165, 1.54) is 5.56 Å². The first-order valence-electron chi connectivity index (χ1n) is 8.73. The molecule has 8 heteroatoms. The number of hydrogen-bond acceptors (Lipinski definition) is 6. The van der Waals surface area contributed by atoms with Crippen molar-refractivity contribution in [3.05, 3.63) is 77.7 Å². The Kier molecular flexibility index (Phi) is 5.23. The minimum atomic E-state index is -3.71. The first-order chi connectivity index (χ1) is 13.6. The van der Waals surface area contributed by atoms with Gasteiger partial charge in [0.25, 0.3) is 10.0 Å². The van der Waals surface area contributed by atoms with Gasteiger partial charge >= 0.3 is 0 Å². The molecule has 2 aromatic heterocycles. The molecule has 0 saturated carbocycles. The summed E-state index contributed by atoms with van der Waals surface area (Å²) in [6.45, 7) is 0.602. The molecule has 28 heavy (non-hydrogen) atoms. The Bertz CT molecular complexity index is 1180. The van der Waals surface area contributed by atoms with Crippen molar-refractivity contribution in [3.8, 4) is 0 Å². The van der Waals surface area contributed by atoms with E-state index < -0.39 is 10.0 Å². The van der Waals surface area contributed by atoms with Gasteiger partial charge in [-0.3, -0.25) is 4.72 Å². The highest BCUT2D eigenvalue weighted by atomic mass is 32.2. The zero-order valence-corrected chi connectivity index (χ0v) is 16.5. The average molecular weight is 411 g/mol. The zero-order valence-electron chi connectivity index (χ0n) is 14.9. The fourth-order valence-electron chi connectivity index (χ4n) is 2.76. The highest BCUT2D eigenvalue weighted by Crippen LogP contribution is 2.25. The van der Waals surface area contributed by atoms with Crippen LogP contribution in [0.1, 0.15) is 5.56 Å². The molecule has 2 aromatic carbocycles. The lowest BCUT2D eigenvalue weighted by Gasteiger charge is -2.13. The second-order valence-electron chi connectivity index (χ2n) is 6.11. The van der Waals surface area contributed by atoms with Gasteiger partial charge in [0.2, 0.25) is 0 Å². The third kappa shape index (κ3) is 4.13. The summed E-state index contributed by atoms with van der Waals surface area (Å²) in [4.78, 5) is 9.06. The summed E-state index contributed by atoms with van der Waals surface area (Å²) >= 11 is 1.15. The van der Waals surface area contributed by atoms with E-state index in [2.05, 4.69) is 20.0 Å². The predicted molar refractivity (Wildman–Crippen MR) is 113 cm³/mol. The molecule has 0 aliphatic carbocycles. The van der Waals surface area contributed by atoms with Crippen LogP contribution in [0.5, 0.6) is 0 Å². The van der Waals surface area contributed by atoms with E-state index in [1.54, 1.807) is 23.6 Å². The molecule has 0 unspecified atom stereocenters. The molecular weight excluding hydrogens is 392 g/mol. The number of sulfonamides is 1. The van der Waals surface area contributed by atoms with Gasteiger partial charge in [0.15, 0.2) is 11.6 Å². The van der Waals surface area contributed by atoms with Crippen LogP contribution < -0.4 is 10.0 Å². The van der Waals surface area contributed by atoms with E-state index in [9.17, 15) is 8.42 Å². The van der Waals surface area contributed by atoms with E-state index in [4.69, 9.17) is 0 Å². The molecule has 0 bridgehead atoms. The summed E-state index contributed by atoms with van der Waals surface area (Å²) in [5, 5.41) is 4.95. The van der Waals surface area contributed by atoms with Crippen LogP contribution in [-0.2, 0) is 16.4 Å². The molecule has 2 N–H and O–H groups in total. The lowest BCUT2D eigenvalue weighted by molar-refractivity contribution is 0.603. The molecule has 0 amide bonds. The molecule has 2 heterocycles. The van der Waals surface area contributed by atoms with Crippen LogP contribution in [0, 0.1) is 0 Å². The topological polar surface area (TPSA) is 84.0 Å². The van der Waals surface area contributed by atoms with E-state index in [1.807, 2.05) is 48.5 Å². The molecule has 0 aliphatic heterocycles. The Morgan fingerprint density at radius 3 is 2.18 bits per heavy atom. The number of nitrogens with one attached hydrogen (secondary N) is 2. The third-order valence-corrected chi connectivity index (χ3v) is 6.85. The quantitative estimate of drug-likeness (QED) is 0.478. The van der Waals surface area contributed by atoms with Crippen molar-refractivity contribution in [2.24, 2.45) is 0 Å². The van der Waals surface area contributed by atoms with Crippen LogP contribution in [-0.4, -0.2) is 24.9 Å². The van der Waals surface area contributed by atoms with Crippen molar-refractivity contribution in [2.75, 3.05) is 16.6 Å². The average Bonchev–Trinajstić information content (AvgIpc) is 3.25. The number of fused-ring (bicyclic) bond motifs is 1. The fourth-order valence-corrected chi connectivity index (χ4v) is 4.76. The highest BCUT2D eigenvalue weighted by Gasteiger charge is 2.19. The normalized spacial score (nSPS) is 11.4. The second kappa shape index (κ2) is 7.95. The van der Waals surface area contributed by atoms with Crippen molar-refractivity contribution >= 4 is 44.0 Å². The molecule has 0 spiro atoms. The van der Waals surface area contributed by atoms with Crippen LogP contribution in [0.2, 0.25) is 0 Å². The number of anilines is 2. The van der Waals surface area contributed by atoms with Gasteiger partial charge in [-0.25, -0.2) is 18.4 Å². The molecule has 142 valence electrons. The predicted octanol–water partition coefficient (Wildman–Crippen LogP) is 4.15. The SMILES string of the molecule is O=S(=O)(Nc1nc2ccccc2nc1NCCc1ccccc1)c1cccs1. The van der Waals surface area contributed by atoms with Crippen LogP contribution in [0.15, 0.2) is 76.3 Å². The van der Waals surface area contributed by atoms with Gasteiger partial charge in [0, 0.05) is 6.54 Å². The summed E-state index contributed by atoms with van der Waals surface area (Å²) in [7, 11) is -3.71. The van der Waals surface area contributed by atoms with E-state index in [-0.39, 0.29) is 10.0 Å². The van der Waals surface area contributed by atoms with Crippen LogP contribution in [0.3, 0.4) is 0 Å². The monoisotopic (exact) mass is 410 g/mol. The summed E-state index contributed by atoms with van der Waals surface area (Å²) < 4.78 is 28.1. The zero-order chi connectivity index (χ0) is 19.4. The van der Waals surface area contributed by atoms with Crippen molar-refractivity contribution in [1.29, 1.82) is 0 Å². The molecular formula is C20H18N4O2S2. The minimum absolute atomic E-state index is 0.195. The van der Waals surface area contributed by atoms with Crippen molar-refractivity contribution in [3.63, 3.8) is 0 Å². The summed E-state index contributed by atoms with van der Waals surface area (Å²) in [6.07, 6.45) is 0.784. The lowest BCUT2D eigenvalue weighted by Crippen LogP contribution is -2.16. The Morgan fingerprint density at radius 2 is 1.50 bits per heavy atom. The molecule has 0 fully saturated rings. The van der Waals surface area contributed by atoms with Gasteiger partial charge in [0.1, 0.15) is 4.21 Å². The maximum Gasteiger partial charge on any atom is 0.272 e. The van der Waals surface area contributed by atoms with Crippen LogP contribution >= 0.6 is 11.3 Å². The Morgan fingerprint density at radius 1 is 0.821 bits per heavy atom. The number of hydrogen-bond donors (Lipinski definition) is 2. The number of rotatable bonds is 7. The standard InChI is InChI=1S/C20H18N4O2S2/c25-28(26,18-11-6-14-27-18)24-20-19(21-13-12-15-7-2-1-3-8-15)22-16-9-4-5-10-17(16)23-20/h1-11,14H,12-13H2,(H,21,22)(H,23,24). The van der Waals surface area contributed by atoms with E-state index in [0.29, 0.717) is 23.4 Å². The van der Waals surface area contributed by atoms with Gasteiger partial charge in [0.05, 0.1) is 11.0 Å². The Hall–Kier alpha value is -2.97. The summed E-state index contributed by atoms with van der Waals surface area (Å²) in [6, 6.07) is 20.7. The maximum atomic E-state index is 12.7. The van der Waals surface area contributed by atoms with Gasteiger partial charge in [-0.05, 0) is 35.6 Å². The molecule has 6 nitrogen and oxygen atoms in total. The molecule has 0 aliphatic rings. The Balaban J connectivity index is 1.62. The van der Waals surface area contributed by atoms with Crippen molar-refractivity contribution < 1.29 is 8.42 Å². The van der Waals surface area contributed by atoms with Crippen molar-refractivity contribution in [1.82, 2.24) is 9.97 Å². The lowest BCUT2D eigenvalue weighted by atomic mass is 10.1. The van der Waals surface area contributed by atoms with Crippen LogP contribution in [0.25, 0.3) is 11.0 Å². The number of aromatic nitrogens is 2. The minimum Gasteiger partial charge on any atom is -0.367 e. The number of para-hydroxylation sites is 2. The fraction of sp³-hybridized carbons (Fsp3) is 0.100. The number of thiophene rings is 1. The molecule has 4 rings (SSSR count). The maximum absolute atomic E-state index is 12.7. The number of benzene rings is 2. The largest absolute Gasteiger partial charge is 0.367 e. The first-order valence-corrected chi connectivity index (χ1v) is 11.1. The van der Waals surface area contributed by atoms with E-state index >= 15 is 0 Å². The highest BCUT2D eigenvalue weighted by molar-refractivity contribution is 7.94. The Labute approximate surface area is 167 Å². The third-order valence-electron chi connectivity index (χ3n) is 4.11. The molecule has 0 saturated heterocycles.